The van der Waals surface area contributed by atoms with E-state index in [2.05, 4.69) is 0 Å². The molecule has 5 heteroatoms. The number of aromatic hydroxyl groups is 3. The predicted molar refractivity (Wildman–Crippen MR) is 53.6 cm³/mol. The van der Waals surface area contributed by atoms with Crippen LogP contribution in [0.15, 0.2) is 34.9 Å². The Labute approximate surface area is 90.2 Å². The van der Waals surface area contributed by atoms with Crippen LogP contribution in [0.3, 0.4) is 0 Å². The van der Waals surface area contributed by atoms with Crippen molar-refractivity contribution in [3.8, 4) is 17.2 Å². The van der Waals surface area contributed by atoms with Gasteiger partial charge in [0.2, 0.25) is 5.78 Å². The fraction of sp³-hybridized carbons (Fsp3) is 0. The zero-order valence-electron chi connectivity index (χ0n) is 8.04. The van der Waals surface area contributed by atoms with Crippen LogP contribution in [-0.2, 0) is 0 Å². The monoisotopic (exact) mass is 220 g/mol. The maximum absolute atomic E-state index is 11.8. The number of phenolic OH excluding ortho intramolecular Hbond substituents is 3. The van der Waals surface area contributed by atoms with Gasteiger partial charge in [0.1, 0.15) is 22.8 Å². The number of furan rings is 1. The second-order valence-corrected chi connectivity index (χ2v) is 3.17. The van der Waals surface area contributed by atoms with Crippen molar-refractivity contribution in [1.29, 1.82) is 0 Å². The Hall–Kier alpha value is -2.43. The second kappa shape index (κ2) is 3.62. The molecule has 1 aromatic carbocycles. The summed E-state index contributed by atoms with van der Waals surface area (Å²) in [5.74, 6) is -1.99. The minimum Gasteiger partial charge on any atom is -0.508 e. The van der Waals surface area contributed by atoms with Crippen LogP contribution < -0.4 is 0 Å². The van der Waals surface area contributed by atoms with Gasteiger partial charge in [0.05, 0.1) is 6.26 Å². The third kappa shape index (κ3) is 1.58. The lowest BCUT2D eigenvalue weighted by Crippen LogP contribution is -2.00. The van der Waals surface area contributed by atoms with Crippen LogP contribution in [0.4, 0.5) is 0 Å². The van der Waals surface area contributed by atoms with E-state index < -0.39 is 17.3 Å². The molecule has 2 rings (SSSR count). The first-order valence-electron chi connectivity index (χ1n) is 4.42. The summed E-state index contributed by atoms with van der Waals surface area (Å²) in [5.41, 5.74) is -0.298. The standard InChI is InChI=1S/C11H8O5/c12-6-4-7(13)10(8(14)5-6)11(15)9-2-1-3-16-9/h1-5,12-14H. The summed E-state index contributed by atoms with van der Waals surface area (Å²) in [7, 11) is 0. The van der Waals surface area contributed by atoms with E-state index in [-0.39, 0.29) is 17.1 Å². The number of benzene rings is 1. The molecule has 3 N–H and O–H groups in total. The van der Waals surface area contributed by atoms with Crippen molar-refractivity contribution in [2.75, 3.05) is 0 Å². The van der Waals surface area contributed by atoms with E-state index in [0.717, 1.165) is 12.1 Å². The number of carbonyl (C=O) groups is 1. The molecule has 0 aliphatic rings. The van der Waals surface area contributed by atoms with Crippen LogP contribution in [0.5, 0.6) is 17.2 Å². The van der Waals surface area contributed by atoms with Gasteiger partial charge in [-0.1, -0.05) is 0 Å². The van der Waals surface area contributed by atoms with E-state index in [0.29, 0.717) is 0 Å². The molecule has 0 spiro atoms. The second-order valence-electron chi connectivity index (χ2n) is 3.17. The molecule has 0 bridgehead atoms. The molecule has 0 fully saturated rings. The van der Waals surface area contributed by atoms with Gasteiger partial charge in [0.15, 0.2) is 5.76 Å². The third-order valence-corrected chi connectivity index (χ3v) is 2.05. The zero-order valence-corrected chi connectivity index (χ0v) is 8.04. The molecule has 82 valence electrons. The van der Waals surface area contributed by atoms with E-state index in [1.54, 1.807) is 0 Å². The van der Waals surface area contributed by atoms with Gasteiger partial charge in [0, 0.05) is 12.1 Å². The van der Waals surface area contributed by atoms with Crippen molar-refractivity contribution in [3.63, 3.8) is 0 Å². The lowest BCUT2D eigenvalue weighted by atomic mass is 10.1. The van der Waals surface area contributed by atoms with Crippen molar-refractivity contribution < 1.29 is 24.5 Å². The van der Waals surface area contributed by atoms with E-state index >= 15 is 0 Å². The van der Waals surface area contributed by atoms with Crippen LogP contribution in [-0.4, -0.2) is 21.1 Å². The molecule has 0 amide bonds. The van der Waals surface area contributed by atoms with Gasteiger partial charge in [-0.25, -0.2) is 0 Å². The zero-order chi connectivity index (χ0) is 11.7. The average molecular weight is 220 g/mol. The first-order valence-corrected chi connectivity index (χ1v) is 4.42. The molecule has 16 heavy (non-hydrogen) atoms. The van der Waals surface area contributed by atoms with Crippen LogP contribution in [0.25, 0.3) is 0 Å². The normalized spacial score (nSPS) is 10.2. The van der Waals surface area contributed by atoms with Gasteiger partial charge in [-0.05, 0) is 12.1 Å². The number of carbonyl (C=O) groups excluding carboxylic acids is 1. The first-order chi connectivity index (χ1) is 7.59. The first kappa shape index (κ1) is 10.1. The summed E-state index contributed by atoms with van der Waals surface area (Å²) in [6.45, 7) is 0. The molecule has 1 heterocycles. The molecule has 0 saturated carbocycles. The highest BCUT2D eigenvalue weighted by atomic mass is 16.3. The van der Waals surface area contributed by atoms with Gasteiger partial charge in [-0.15, -0.1) is 0 Å². The summed E-state index contributed by atoms with van der Waals surface area (Å²) in [5, 5.41) is 28.0. The van der Waals surface area contributed by atoms with E-state index in [1.807, 2.05) is 0 Å². The van der Waals surface area contributed by atoms with Gasteiger partial charge < -0.3 is 19.7 Å². The van der Waals surface area contributed by atoms with Crippen molar-refractivity contribution in [3.05, 3.63) is 41.9 Å². The van der Waals surface area contributed by atoms with Crippen LogP contribution in [0.1, 0.15) is 16.1 Å². The smallest absolute Gasteiger partial charge is 0.235 e. The number of hydrogen-bond donors (Lipinski definition) is 3. The Morgan fingerprint density at radius 3 is 2.25 bits per heavy atom. The highest BCUT2D eigenvalue weighted by Gasteiger charge is 2.21. The Bertz CT molecular complexity index is 504. The quantitative estimate of drug-likeness (QED) is 0.669. The molecule has 0 aliphatic carbocycles. The van der Waals surface area contributed by atoms with E-state index in [4.69, 9.17) is 9.52 Å². The SMILES string of the molecule is O=C(c1ccco1)c1c(O)cc(O)cc1O. The summed E-state index contributed by atoms with van der Waals surface area (Å²) >= 11 is 0. The molecule has 0 unspecified atom stereocenters. The lowest BCUT2D eigenvalue weighted by molar-refractivity contribution is 0.100. The maximum atomic E-state index is 11.8. The number of ketones is 1. The van der Waals surface area contributed by atoms with Crippen molar-refractivity contribution in [2.45, 2.75) is 0 Å². The average Bonchev–Trinajstić information content (AvgIpc) is 2.67. The molecule has 0 aliphatic heterocycles. The summed E-state index contributed by atoms with van der Waals surface area (Å²) < 4.78 is 4.86. The van der Waals surface area contributed by atoms with Crippen LogP contribution in [0, 0.1) is 0 Å². The number of rotatable bonds is 2. The number of hydrogen-bond acceptors (Lipinski definition) is 5. The highest BCUT2D eigenvalue weighted by Crippen LogP contribution is 2.33. The molecular weight excluding hydrogens is 212 g/mol. The van der Waals surface area contributed by atoms with Crippen molar-refractivity contribution >= 4 is 5.78 Å². The Kier molecular flexibility index (Phi) is 2.28. The van der Waals surface area contributed by atoms with Gasteiger partial charge in [0.25, 0.3) is 0 Å². The fourth-order valence-corrected chi connectivity index (χ4v) is 1.36. The van der Waals surface area contributed by atoms with Gasteiger partial charge >= 0.3 is 0 Å². The lowest BCUT2D eigenvalue weighted by Gasteiger charge is -2.05. The minimum atomic E-state index is -0.653. The third-order valence-electron chi connectivity index (χ3n) is 2.05. The van der Waals surface area contributed by atoms with E-state index in [9.17, 15) is 15.0 Å². The molecule has 0 saturated heterocycles. The van der Waals surface area contributed by atoms with Gasteiger partial charge in [-0.3, -0.25) is 4.79 Å². The van der Waals surface area contributed by atoms with Gasteiger partial charge in [-0.2, -0.15) is 0 Å². The largest absolute Gasteiger partial charge is 0.508 e. The Morgan fingerprint density at radius 2 is 1.75 bits per heavy atom. The van der Waals surface area contributed by atoms with Crippen molar-refractivity contribution in [2.24, 2.45) is 0 Å². The Morgan fingerprint density at radius 1 is 1.12 bits per heavy atom. The highest BCUT2D eigenvalue weighted by molar-refractivity contribution is 6.10. The molecular formula is C11H8O5. The molecule has 0 atom stereocenters. The molecule has 5 nitrogen and oxygen atoms in total. The van der Waals surface area contributed by atoms with E-state index in [1.165, 1.54) is 18.4 Å². The molecule has 0 radical (unpaired) electrons. The van der Waals surface area contributed by atoms with Crippen molar-refractivity contribution in [1.82, 2.24) is 0 Å². The van der Waals surface area contributed by atoms with Crippen LogP contribution in [0.2, 0.25) is 0 Å². The van der Waals surface area contributed by atoms with Crippen LogP contribution >= 0.6 is 0 Å². The topological polar surface area (TPSA) is 90.9 Å². The summed E-state index contributed by atoms with van der Waals surface area (Å²) in [6.07, 6.45) is 1.31. The minimum absolute atomic E-state index is 0.00344. The summed E-state index contributed by atoms with van der Waals surface area (Å²) in [4.78, 5) is 11.8. The Balaban J connectivity index is 2.53. The molecule has 1 aromatic heterocycles. The fourth-order valence-electron chi connectivity index (χ4n) is 1.36. The summed E-state index contributed by atoms with van der Waals surface area (Å²) in [6, 6.07) is 4.86. The maximum Gasteiger partial charge on any atom is 0.235 e. The molecule has 2 aromatic rings. The number of phenols is 3. The predicted octanol–water partition coefficient (Wildman–Crippen LogP) is 1.63.